The van der Waals surface area contributed by atoms with Crippen molar-refractivity contribution >= 4 is 49.0 Å². The Bertz CT molecular complexity index is 2660. The van der Waals surface area contributed by atoms with Gasteiger partial charge in [-0.15, -0.1) is 0 Å². The number of phenols is 1. The molecule has 10 atom stereocenters. The largest absolute Gasteiger partial charge is 0.508 e. The zero-order valence-electron chi connectivity index (χ0n) is 30.8. The molecule has 0 saturated carbocycles. The molecule has 0 spiro atoms. The number of hydrogen-bond donors (Lipinski definition) is 4. The van der Waals surface area contributed by atoms with Crippen LogP contribution in [-0.4, -0.2) is 95.0 Å². The Hall–Kier alpha value is -4.87. The third-order valence-electron chi connectivity index (χ3n) is 9.58. The van der Waals surface area contributed by atoms with E-state index in [4.69, 9.17) is 38.0 Å². The number of aromatic nitrogens is 6. The second-order valence-corrected chi connectivity index (χ2v) is 19.0. The third kappa shape index (κ3) is 8.53. The predicted molar refractivity (Wildman–Crippen MR) is 203 cm³/mol. The van der Waals surface area contributed by atoms with E-state index in [9.17, 15) is 33.5 Å². The van der Waals surface area contributed by atoms with Crippen LogP contribution in [0.2, 0.25) is 0 Å². The number of fused-ring (bicyclic) bond motifs is 4. The number of phenolic OH excluding ortho intramolecular Hbond substituents is 1. The normalized spacial score (nSPS) is 30.9. The number of nitrogens with two attached hydrogens (primary N) is 1. The summed E-state index contributed by atoms with van der Waals surface area (Å²) in [5, 5.41) is 9.67. The van der Waals surface area contributed by atoms with Gasteiger partial charge in [-0.2, -0.15) is 0 Å². The molecule has 3 aliphatic rings. The molecular weight excluding hydrogens is 862 g/mol. The number of esters is 1. The molecule has 5 aromatic rings. The van der Waals surface area contributed by atoms with Gasteiger partial charge in [-0.3, -0.25) is 37.0 Å². The summed E-state index contributed by atoms with van der Waals surface area (Å²) in [6.07, 6.45) is -11.9. The topological polar surface area (TPSA) is 281 Å². The average Bonchev–Trinajstić information content (AvgIpc) is 3.86. The molecule has 0 radical (unpaired) electrons. The Morgan fingerprint density at radius 1 is 0.967 bits per heavy atom. The van der Waals surface area contributed by atoms with E-state index in [0.29, 0.717) is 22.5 Å². The lowest BCUT2D eigenvalue weighted by molar-refractivity contribution is -0.0635. The van der Waals surface area contributed by atoms with E-state index in [1.807, 2.05) is 4.98 Å². The van der Waals surface area contributed by atoms with Crippen LogP contribution < -0.4 is 21.7 Å². The molecule has 0 aliphatic carbocycles. The van der Waals surface area contributed by atoms with Crippen molar-refractivity contribution in [2.75, 3.05) is 18.9 Å². The molecule has 3 aromatic heterocycles. The number of imidazole rings is 1. The smallest absolute Gasteiger partial charge is 0.472 e. The molecule has 6 heterocycles. The maximum absolute atomic E-state index is 16.4. The van der Waals surface area contributed by atoms with Gasteiger partial charge in [0.15, 0.2) is 36.3 Å². The Labute approximate surface area is 339 Å². The van der Waals surface area contributed by atoms with Gasteiger partial charge in [0, 0.05) is 18.0 Å². The number of halogens is 2. The SMILES string of the molecule is Cc1cc(O)ccc1C(=O)Oc1ccc(CS[P@]2(=O)OC[C@H]3O[C@@H](n4cnc5c(N)ncnc54)[C@H](F)[C@@H]3OP(=O)(O)OC[C@H]3O[C@@H](n4ccc(=O)[nH]c4=O)[C@H](O2)[C@@H]3F)cc1. The zero-order chi connectivity index (χ0) is 42.5. The number of anilines is 1. The predicted octanol–water partition coefficient (Wildman–Crippen LogP) is 3.62. The molecule has 3 aliphatic heterocycles. The molecule has 26 heteroatoms. The average molecular weight is 896 g/mol. The Morgan fingerprint density at radius 3 is 2.47 bits per heavy atom. The van der Waals surface area contributed by atoms with Crippen molar-refractivity contribution in [3.63, 3.8) is 0 Å². The number of nitrogen functional groups attached to an aromatic ring is 1. The first kappa shape index (κ1) is 41.8. The standard InChI is InChI=1S/C34H33F2N7O14P2S/c1-16-10-18(44)4-7-20(16)33(46)53-19-5-2-17(3-6-19)13-60-59(50)52-12-22-27(25(36)31(55-22)43-15-40-26-29(37)38-14-39-30(26)43)56-58(48,49)51-11-21-24(35)28(57-59)32(54-21)42-9-8-23(45)41-34(42)47/h2-10,14-15,21-22,24-25,27-28,31-32,44H,11-13H2,1H3,(H,48,49)(H2,37,38,39)(H,41,45,47)/t21-,22-,24-,25-,27-,28-,31-,32-,59-/m1/s1. The third-order valence-corrected chi connectivity index (χ3v) is 14.2. The summed E-state index contributed by atoms with van der Waals surface area (Å²) in [6.45, 7) is -4.93. The van der Waals surface area contributed by atoms with Crippen LogP contribution in [-0.2, 0) is 42.5 Å². The summed E-state index contributed by atoms with van der Waals surface area (Å²) >= 11 is 0.550. The molecule has 8 rings (SSSR count). The number of nitrogens with zero attached hydrogens (tertiary/aromatic N) is 5. The fraction of sp³-hybridized carbons (Fsp3) is 0.353. The fourth-order valence-electron chi connectivity index (χ4n) is 6.64. The molecular formula is C34H33F2N7O14P2S. The number of benzene rings is 2. The van der Waals surface area contributed by atoms with Crippen LogP contribution in [0.3, 0.4) is 0 Å². The second kappa shape index (κ2) is 16.5. The molecule has 5 N–H and O–H groups in total. The van der Waals surface area contributed by atoms with Gasteiger partial charge in [-0.1, -0.05) is 12.1 Å². The number of H-pyrrole nitrogens is 1. The highest BCUT2D eigenvalue weighted by atomic mass is 32.7. The van der Waals surface area contributed by atoms with Gasteiger partial charge in [0.2, 0.25) is 0 Å². The maximum atomic E-state index is 16.4. The van der Waals surface area contributed by atoms with Crippen LogP contribution in [0.5, 0.6) is 11.5 Å². The van der Waals surface area contributed by atoms with E-state index in [1.54, 1.807) is 6.92 Å². The summed E-state index contributed by atoms with van der Waals surface area (Å²) in [5.74, 6) is -0.740. The number of aryl methyl sites for hydroxylation is 1. The van der Waals surface area contributed by atoms with Crippen LogP contribution in [0.1, 0.15) is 33.9 Å². The molecule has 3 saturated heterocycles. The number of rotatable bonds is 7. The van der Waals surface area contributed by atoms with Crippen molar-refractivity contribution < 1.29 is 65.0 Å². The van der Waals surface area contributed by atoms with Gasteiger partial charge in [-0.05, 0) is 59.8 Å². The van der Waals surface area contributed by atoms with Gasteiger partial charge in [0.25, 0.3) is 5.56 Å². The highest BCUT2D eigenvalue weighted by Gasteiger charge is 2.55. The molecule has 0 amide bonds. The van der Waals surface area contributed by atoms with E-state index in [1.165, 1.54) is 42.5 Å². The lowest BCUT2D eigenvalue weighted by Gasteiger charge is -2.27. The Balaban J connectivity index is 1.09. The number of hydrogen-bond acceptors (Lipinski definition) is 18. The van der Waals surface area contributed by atoms with Crippen LogP contribution in [0.15, 0.2) is 77.0 Å². The van der Waals surface area contributed by atoms with Crippen molar-refractivity contribution in [1.82, 2.24) is 29.1 Å². The van der Waals surface area contributed by atoms with Crippen molar-refractivity contribution in [2.45, 2.75) is 61.9 Å². The highest BCUT2D eigenvalue weighted by Crippen LogP contribution is 2.65. The maximum Gasteiger partial charge on any atom is 0.472 e. The number of aromatic amines is 1. The minimum absolute atomic E-state index is 0.0209. The summed E-state index contributed by atoms with van der Waals surface area (Å²) in [7, 11) is -5.27. The number of nitrogens with one attached hydrogen (secondary N) is 1. The van der Waals surface area contributed by atoms with Gasteiger partial charge < -0.3 is 29.9 Å². The number of phosphoric acid groups is 1. The van der Waals surface area contributed by atoms with Crippen molar-refractivity contribution in [3.05, 3.63) is 105 Å². The molecule has 318 valence electrons. The molecule has 2 bridgehead atoms. The molecule has 2 aromatic carbocycles. The first-order valence-corrected chi connectivity index (χ1v) is 22.4. The quantitative estimate of drug-likeness (QED) is 0.103. The minimum Gasteiger partial charge on any atom is -0.508 e. The van der Waals surface area contributed by atoms with Gasteiger partial charge in [-0.25, -0.2) is 42.5 Å². The van der Waals surface area contributed by atoms with Crippen molar-refractivity contribution in [2.24, 2.45) is 0 Å². The van der Waals surface area contributed by atoms with Crippen LogP contribution >= 0.6 is 26.0 Å². The number of ether oxygens (including phenoxy) is 3. The van der Waals surface area contributed by atoms with Gasteiger partial charge in [0.1, 0.15) is 47.8 Å². The Morgan fingerprint density at radius 2 is 1.72 bits per heavy atom. The van der Waals surface area contributed by atoms with E-state index in [-0.39, 0.29) is 39.8 Å². The van der Waals surface area contributed by atoms with Crippen LogP contribution in [0.25, 0.3) is 11.2 Å². The molecule has 3 fully saturated rings. The van der Waals surface area contributed by atoms with Crippen LogP contribution in [0, 0.1) is 6.92 Å². The first-order chi connectivity index (χ1) is 28.6. The summed E-state index contributed by atoms with van der Waals surface area (Å²) in [5.41, 5.74) is 5.37. The highest BCUT2D eigenvalue weighted by molar-refractivity contribution is 8.54. The number of carbonyl (C=O) groups excluding carboxylic acids is 1. The summed E-state index contributed by atoms with van der Waals surface area (Å²) in [6, 6.07) is 11.1. The number of carbonyl (C=O) groups is 1. The molecule has 60 heavy (non-hydrogen) atoms. The monoisotopic (exact) mass is 895 g/mol. The van der Waals surface area contributed by atoms with Gasteiger partial charge in [0.05, 0.1) is 25.1 Å². The number of aromatic hydroxyl groups is 1. The number of phosphoric ester groups is 1. The zero-order valence-corrected chi connectivity index (χ0v) is 33.4. The lowest BCUT2D eigenvalue weighted by Crippen LogP contribution is -2.37. The van der Waals surface area contributed by atoms with Gasteiger partial charge >= 0.3 is 26.3 Å². The lowest BCUT2D eigenvalue weighted by atomic mass is 10.1. The fourth-order valence-corrected chi connectivity index (χ4v) is 10.9. The molecule has 21 nitrogen and oxygen atoms in total. The van der Waals surface area contributed by atoms with E-state index in [2.05, 4.69) is 15.0 Å². The van der Waals surface area contributed by atoms with Crippen LogP contribution in [0.4, 0.5) is 14.6 Å². The van der Waals surface area contributed by atoms with E-state index >= 15 is 8.78 Å². The van der Waals surface area contributed by atoms with E-state index in [0.717, 1.165) is 34.1 Å². The first-order valence-electron chi connectivity index (χ1n) is 17.8. The molecule has 1 unspecified atom stereocenters. The van der Waals surface area contributed by atoms with E-state index < -0.39 is 94.3 Å². The minimum atomic E-state index is -5.27. The summed E-state index contributed by atoms with van der Waals surface area (Å²) < 4.78 is 102. The summed E-state index contributed by atoms with van der Waals surface area (Å²) in [4.78, 5) is 62.3. The van der Waals surface area contributed by atoms with Crippen molar-refractivity contribution in [1.29, 1.82) is 0 Å². The number of alkyl halides is 2. The van der Waals surface area contributed by atoms with Crippen molar-refractivity contribution in [3.8, 4) is 11.5 Å². The second-order valence-electron chi connectivity index (χ2n) is 13.6. The Kier molecular flexibility index (Phi) is 11.5.